The molecule has 0 heterocycles. The van der Waals surface area contributed by atoms with Crippen molar-refractivity contribution >= 4 is 11.8 Å². The van der Waals surface area contributed by atoms with Crippen molar-refractivity contribution < 1.29 is 23.8 Å². The van der Waals surface area contributed by atoms with Gasteiger partial charge < -0.3 is 14.2 Å². The Labute approximate surface area is 124 Å². The van der Waals surface area contributed by atoms with Crippen LogP contribution < -0.4 is 4.74 Å². The summed E-state index contributed by atoms with van der Waals surface area (Å²) in [5, 5.41) is 0. The van der Waals surface area contributed by atoms with Crippen molar-refractivity contribution in [1.82, 2.24) is 0 Å². The third-order valence-electron chi connectivity index (χ3n) is 2.94. The molecule has 0 aromatic heterocycles. The highest BCUT2D eigenvalue weighted by molar-refractivity contribution is 6.02. The highest BCUT2D eigenvalue weighted by Gasteiger charge is 2.27. The average molecular weight is 292 g/mol. The second-order valence-electron chi connectivity index (χ2n) is 4.79. The minimum atomic E-state index is -0.860. The van der Waals surface area contributed by atoms with Crippen molar-refractivity contribution in [3.8, 4) is 5.75 Å². The van der Waals surface area contributed by atoms with E-state index in [1.54, 1.807) is 38.1 Å². The molecule has 0 aliphatic rings. The molecule has 0 bridgehead atoms. The maximum atomic E-state index is 12.1. The minimum absolute atomic E-state index is 0.100. The van der Waals surface area contributed by atoms with E-state index in [0.29, 0.717) is 11.3 Å². The van der Waals surface area contributed by atoms with E-state index in [1.807, 2.05) is 0 Å². The zero-order valence-corrected chi connectivity index (χ0v) is 12.5. The number of hydrogen-bond donors (Lipinski definition) is 0. The molecular weight excluding hydrogens is 272 g/mol. The second kappa shape index (κ2) is 7.59. The lowest BCUT2D eigenvalue weighted by molar-refractivity contribution is -0.138. The quantitative estimate of drug-likeness (QED) is 0.319. The topological polar surface area (TPSA) is 61.8 Å². The lowest BCUT2D eigenvalue weighted by atomic mass is 9.96. The highest BCUT2D eigenvalue weighted by Crippen LogP contribution is 2.19. The van der Waals surface area contributed by atoms with E-state index in [2.05, 4.69) is 6.58 Å². The van der Waals surface area contributed by atoms with Gasteiger partial charge in [-0.05, 0) is 38.1 Å². The third kappa shape index (κ3) is 5.04. The molecule has 0 spiro atoms. The van der Waals surface area contributed by atoms with Crippen LogP contribution >= 0.6 is 0 Å². The maximum Gasteiger partial charge on any atom is 0.330 e. The first kappa shape index (κ1) is 16.9. The van der Waals surface area contributed by atoms with Crippen LogP contribution in [0, 0.1) is 0 Å². The van der Waals surface area contributed by atoms with Crippen LogP contribution in [0.4, 0.5) is 0 Å². The molecule has 0 saturated carbocycles. The van der Waals surface area contributed by atoms with E-state index in [1.165, 1.54) is 7.11 Å². The van der Waals surface area contributed by atoms with Crippen LogP contribution in [-0.2, 0) is 14.3 Å². The van der Waals surface area contributed by atoms with Crippen LogP contribution in [0.15, 0.2) is 36.9 Å². The van der Waals surface area contributed by atoms with Gasteiger partial charge in [0.15, 0.2) is 5.78 Å². The first-order valence-electron chi connectivity index (χ1n) is 6.52. The zero-order valence-electron chi connectivity index (χ0n) is 12.5. The number of ketones is 1. The molecule has 0 radical (unpaired) electrons. The van der Waals surface area contributed by atoms with E-state index in [4.69, 9.17) is 14.2 Å². The number of carbonyl (C=O) groups is 2. The highest BCUT2D eigenvalue weighted by atomic mass is 16.6. The standard InChI is InChI=1S/C16H20O5/c1-5-14(17)21-11-10-20-13-8-6-12(7-9-13)15(18)16(2,3)19-4/h5-9H,1,10-11H2,2-4H3. The number of carbonyl (C=O) groups excluding carboxylic acids is 2. The molecule has 1 aromatic carbocycles. The molecule has 5 heteroatoms. The van der Waals surface area contributed by atoms with Gasteiger partial charge in [0, 0.05) is 18.7 Å². The number of rotatable bonds is 8. The second-order valence-corrected chi connectivity index (χ2v) is 4.79. The van der Waals surface area contributed by atoms with Crippen molar-refractivity contribution in [3.63, 3.8) is 0 Å². The van der Waals surface area contributed by atoms with Crippen LogP contribution in [0.3, 0.4) is 0 Å². The molecule has 0 fully saturated rings. The van der Waals surface area contributed by atoms with Crippen LogP contribution in [0.1, 0.15) is 24.2 Å². The zero-order chi connectivity index (χ0) is 15.9. The molecule has 0 amide bonds. The number of hydrogen-bond acceptors (Lipinski definition) is 5. The molecule has 5 nitrogen and oxygen atoms in total. The van der Waals surface area contributed by atoms with E-state index >= 15 is 0 Å². The largest absolute Gasteiger partial charge is 0.490 e. The predicted molar refractivity (Wildman–Crippen MR) is 78.5 cm³/mol. The van der Waals surface area contributed by atoms with Gasteiger partial charge in [0.1, 0.15) is 24.6 Å². The van der Waals surface area contributed by atoms with Gasteiger partial charge in [-0.1, -0.05) is 6.58 Å². The summed E-state index contributed by atoms with van der Waals surface area (Å²) in [6.07, 6.45) is 1.10. The molecule has 0 N–H and O–H groups in total. The fraction of sp³-hybridized carbons (Fsp3) is 0.375. The summed E-state index contributed by atoms with van der Waals surface area (Å²) >= 11 is 0. The van der Waals surface area contributed by atoms with Gasteiger partial charge in [0.25, 0.3) is 0 Å². The van der Waals surface area contributed by atoms with E-state index in [9.17, 15) is 9.59 Å². The van der Waals surface area contributed by atoms with Crippen molar-refractivity contribution in [2.45, 2.75) is 19.4 Å². The number of methoxy groups -OCH3 is 1. The Balaban J connectivity index is 2.53. The van der Waals surface area contributed by atoms with Crippen molar-refractivity contribution in [2.24, 2.45) is 0 Å². The Morgan fingerprint density at radius 3 is 2.33 bits per heavy atom. The van der Waals surface area contributed by atoms with Gasteiger partial charge in [-0.25, -0.2) is 4.79 Å². The Morgan fingerprint density at radius 1 is 1.19 bits per heavy atom. The summed E-state index contributed by atoms with van der Waals surface area (Å²) in [5.41, 5.74) is -0.311. The molecular formula is C16H20O5. The molecule has 0 aliphatic heterocycles. The van der Waals surface area contributed by atoms with Gasteiger partial charge in [-0.15, -0.1) is 0 Å². The van der Waals surface area contributed by atoms with Crippen LogP contribution in [-0.4, -0.2) is 37.7 Å². The van der Waals surface area contributed by atoms with E-state index < -0.39 is 11.6 Å². The molecule has 0 atom stereocenters. The molecule has 0 aliphatic carbocycles. The lowest BCUT2D eigenvalue weighted by Gasteiger charge is -2.21. The third-order valence-corrected chi connectivity index (χ3v) is 2.94. The summed E-state index contributed by atoms with van der Waals surface area (Å²) < 4.78 is 15.3. The summed E-state index contributed by atoms with van der Waals surface area (Å²) in [6, 6.07) is 6.73. The van der Waals surface area contributed by atoms with Crippen molar-refractivity contribution in [3.05, 3.63) is 42.5 Å². The average Bonchev–Trinajstić information content (AvgIpc) is 2.51. The Morgan fingerprint density at radius 2 is 1.81 bits per heavy atom. The molecule has 1 aromatic rings. The fourth-order valence-electron chi connectivity index (χ4n) is 1.50. The molecule has 0 saturated heterocycles. The van der Waals surface area contributed by atoms with E-state index in [-0.39, 0.29) is 19.0 Å². The smallest absolute Gasteiger partial charge is 0.330 e. The van der Waals surface area contributed by atoms with Crippen molar-refractivity contribution in [2.75, 3.05) is 20.3 Å². The van der Waals surface area contributed by atoms with Gasteiger partial charge >= 0.3 is 5.97 Å². The summed E-state index contributed by atoms with van der Waals surface area (Å²) in [5.74, 6) is 0.00855. The van der Waals surface area contributed by atoms with Gasteiger partial charge in [-0.2, -0.15) is 0 Å². The molecule has 0 unspecified atom stereocenters. The molecule has 1 rings (SSSR count). The lowest BCUT2D eigenvalue weighted by Crippen LogP contribution is -2.33. The predicted octanol–water partition coefficient (Wildman–Crippen LogP) is 2.40. The van der Waals surface area contributed by atoms with Gasteiger partial charge in [-0.3, -0.25) is 4.79 Å². The maximum absolute atomic E-state index is 12.1. The van der Waals surface area contributed by atoms with Gasteiger partial charge in [0.2, 0.25) is 0 Å². The van der Waals surface area contributed by atoms with Crippen LogP contribution in [0.2, 0.25) is 0 Å². The Bertz CT molecular complexity index is 502. The number of Topliss-reactive ketones (excluding diaryl/α,β-unsaturated/α-hetero) is 1. The monoisotopic (exact) mass is 292 g/mol. The normalized spacial score (nSPS) is 10.8. The number of benzene rings is 1. The molecule has 21 heavy (non-hydrogen) atoms. The number of ether oxygens (including phenoxy) is 3. The Kier molecular flexibility index (Phi) is 6.11. The first-order valence-corrected chi connectivity index (χ1v) is 6.52. The van der Waals surface area contributed by atoms with Crippen LogP contribution in [0.5, 0.6) is 5.75 Å². The summed E-state index contributed by atoms with van der Waals surface area (Å²) in [4.78, 5) is 23.0. The number of esters is 1. The van der Waals surface area contributed by atoms with Gasteiger partial charge in [0.05, 0.1) is 0 Å². The SMILES string of the molecule is C=CC(=O)OCCOc1ccc(C(=O)C(C)(C)OC)cc1. The van der Waals surface area contributed by atoms with Crippen LogP contribution in [0.25, 0.3) is 0 Å². The fourth-order valence-corrected chi connectivity index (χ4v) is 1.50. The molecule has 114 valence electrons. The minimum Gasteiger partial charge on any atom is -0.490 e. The summed E-state index contributed by atoms with van der Waals surface area (Å²) in [6.45, 7) is 7.10. The first-order chi connectivity index (χ1) is 9.90. The Hall–Kier alpha value is -2.14. The summed E-state index contributed by atoms with van der Waals surface area (Å²) in [7, 11) is 1.50. The van der Waals surface area contributed by atoms with E-state index in [0.717, 1.165) is 6.08 Å². The van der Waals surface area contributed by atoms with Crippen molar-refractivity contribution in [1.29, 1.82) is 0 Å².